The molecule has 20 nitrogen and oxygen atoms in total. The van der Waals surface area contributed by atoms with Crippen LogP contribution in [0.4, 0.5) is 0 Å². The first-order valence-electron chi connectivity index (χ1n) is 29.1. The standard InChI is InChI=1S/C15H16N4.2C15H15N4.C15H16N2O2.C10H8N2O2.Pt/c3*1-15(2,3)13-8-12(18-19-13)14-16-9-10-6-4-5-7-11(10)17-14;1-15(2,3)13(19)8-12(18)14-16-9-10-6-4-5-7-11(10)17-14;1-14-10(13)9-11-6-7-4-2-3-5-8(7)12-9;/h4-9H,1-3H3,(H,18,19);2*4-9H,1-3H3;4-7,9H,8H2,1-3H3;2-6H,1H3;/q;2*-1;;;+2. The number of Topliss-reactive ketones (excluding diaryl/α,β-unsaturated/α-hetero) is 2. The van der Waals surface area contributed by atoms with Gasteiger partial charge in [-0.15, -0.1) is 0 Å². The molecule has 91 heavy (non-hydrogen) atoms. The number of carbonyl (C=O) groups excluding carboxylic acids is 3. The fourth-order valence-electron chi connectivity index (χ4n) is 8.41. The van der Waals surface area contributed by atoms with E-state index in [1.807, 2.05) is 158 Å². The summed E-state index contributed by atoms with van der Waals surface area (Å²) >= 11 is 0. The Bertz CT molecular complexity index is 4360. The fraction of sp³-hybridized carbons (Fsp3) is 0.257. The largest absolute Gasteiger partial charge is 2.00 e. The Morgan fingerprint density at radius 1 is 0.440 bits per heavy atom. The molecule has 13 rings (SSSR count). The van der Waals surface area contributed by atoms with Crippen LogP contribution in [0, 0.1) is 5.41 Å². The molecule has 21 heteroatoms. The van der Waals surface area contributed by atoms with Gasteiger partial charge in [-0.3, -0.25) is 14.7 Å². The van der Waals surface area contributed by atoms with Crippen LogP contribution < -0.4 is 10.2 Å². The number of H-pyrrole nitrogens is 1. The Balaban J connectivity index is 0.000000147. The van der Waals surface area contributed by atoms with Crippen LogP contribution in [0.15, 0.2) is 171 Å². The van der Waals surface area contributed by atoms with E-state index in [9.17, 15) is 14.4 Å². The predicted molar refractivity (Wildman–Crippen MR) is 349 cm³/mol. The molecule has 0 unspecified atom stereocenters. The summed E-state index contributed by atoms with van der Waals surface area (Å²) < 4.78 is 4.52. The molecule has 8 heterocycles. The average Bonchev–Trinajstić information content (AvgIpc) is 2.04. The van der Waals surface area contributed by atoms with Crippen LogP contribution >= 0.6 is 0 Å². The molecule has 0 saturated heterocycles. The molecule has 464 valence electrons. The van der Waals surface area contributed by atoms with Gasteiger partial charge in [0.15, 0.2) is 11.6 Å². The zero-order valence-corrected chi connectivity index (χ0v) is 55.3. The van der Waals surface area contributed by atoms with E-state index in [0.29, 0.717) is 23.0 Å². The van der Waals surface area contributed by atoms with Gasteiger partial charge in [-0.05, 0) is 36.4 Å². The summed E-state index contributed by atoms with van der Waals surface area (Å²) in [5, 5.41) is 29.0. The Labute approximate surface area is 541 Å². The summed E-state index contributed by atoms with van der Waals surface area (Å²) in [6, 6.07) is 44.6. The van der Waals surface area contributed by atoms with Crippen molar-refractivity contribution in [1.29, 1.82) is 0 Å². The molecule has 0 aliphatic rings. The second kappa shape index (κ2) is 28.6. The van der Waals surface area contributed by atoms with Crippen molar-refractivity contribution in [2.24, 2.45) is 5.41 Å². The first-order chi connectivity index (χ1) is 42.8. The quantitative estimate of drug-likeness (QED) is 0.0882. The van der Waals surface area contributed by atoms with Crippen molar-refractivity contribution in [3.63, 3.8) is 0 Å². The number of methoxy groups -OCH3 is 1. The van der Waals surface area contributed by atoms with E-state index in [0.717, 1.165) is 83.2 Å². The van der Waals surface area contributed by atoms with Crippen LogP contribution in [0.3, 0.4) is 0 Å². The van der Waals surface area contributed by atoms with E-state index in [1.54, 1.807) is 33.2 Å². The molecule has 0 aliphatic carbocycles. The molecular weight excluding hydrogens is 1320 g/mol. The van der Waals surface area contributed by atoms with E-state index in [2.05, 4.69) is 147 Å². The molecule has 0 amide bonds. The van der Waals surface area contributed by atoms with Gasteiger partial charge in [0.25, 0.3) is 0 Å². The zero-order chi connectivity index (χ0) is 64.4. The van der Waals surface area contributed by atoms with Crippen LogP contribution in [0.25, 0.3) is 89.1 Å². The third kappa shape index (κ3) is 17.4. The van der Waals surface area contributed by atoms with E-state index in [1.165, 1.54) is 7.11 Å². The van der Waals surface area contributed by atoms with Gasteiger partial charge < -0.3 is 25.1 Å². The van der Waals surface area contributed by atoms with Crippen molar-refractivity contribution >= 4 is 72.1 Å². The van der Waals surface area contributed by atoms with Gasteiger partial charge in [-0.25, -0.2) is 54.6 Å². The Morgan fingerprint density at radius 2 is 0.791 bits per heavy atom. The van der Waals surface area contributed by atoms with Gasteiger partial charge in [0.05, 0.1) is 41.1 Å². The van der Waals surface area contributed by atoms with Crippen LogP contribution in [0.5, 0.6) is 0 Å². The molecule has 0 fully saturated rings. The van der Waals surface area contributed by atoms with Crippen molar-refractivity contribution < 1.29 is 40.2 Å². The Hall–Kier alpha value is -10.1. The van der Waals surface area contributed by atoms with Crippen molar-refractivity contribution in [3.8, 4) is 34.6 Å². The number of ketones is 2. The van der Waals surface area contributed by atoms with Gasteiger partial charge in [0.2, 0.25) is 11.6 Å². The maximum atomic E-state index is 12.0. The number of para-hydroxylation sites is 5. The predicted octanol–water partition coefficient (Wildman–Crippen LogP) is 13.4. The number of esters is 1. The maximum absolute atomic E-state index is 12.0. The number of fused-ring (bicyclic) bond motifs is 5. The fourth-order valence-corrected chi connectivity index (χ4v) is 8.41. The zero-order valence-electron chi connectivity index (χ0n) is 53.0. The summed E-state index contributed by atoms with van der Waals surface area (Å²) in [5.74, 6) is 1.16. The van der Waals surface area contributed by atoms with Crippen LogP contribution in [-0.2, 0) is 46.8 Å². The number of ether oxygens (including phenoxy) is 1. The van der Waals surface area contributed by atoms with E-state index < -0.39 is 11.4 Å². The summed E-state index contributed by atoms with van der Waals surface area (Å²) in [6.07, 6.45) is 8.54. The minimum absolute atomic E-state index is 0. The van der Waals surface area contributed by atoms with Crippen molar-refractivity contribution in [2.75, 3.05) is 7.11 Å². The first-order valence-corrected chi connectivity index (χ1v) is 29.1. The summed E-state index contributed by atoms with van der Waals surface area (Å²) in [5.41, 5.74) is 8.99. The molecule has 0 saturated carbocycles. The Morgan fingerprint density at radius 3 is 1.15 bits per heavy atom. The van der Waals surface area contributed by atoms with Gasteiger partial charge in [0, 0.05) is 96.7 Å². The number of aromatic amines is 1. The molecule has 0 spiro atoms. The number of hydrogen-bond donors (Lipinski definition) is 1. The summed E-state index contributed by atoms with van der Waals surface area (Å²) in [7, 11) is 1.31. The topological polar surface area (TPSA) is 272 Å². The maximum Gasteiger partial charge on any atom is 2.00 e. The SMILES string of the molecule is CC(C)(C)C(=O)CC(=O)c1ncc2ccccc2n1.CC(C)(C)c1cc(-c2ncc3ccccc3n2)[n-]n1.CC(C)(C)c1cc(-c2ncc3ccccc3n2)[n-]n1.CC(C)(C)c1cc(-c2ncc3ccccc3n2)n[nH]1.COC(=O)c1ncc2ccccc2n1.[Pt+2]. The van der Waals surface area contributed by atoms with Gasteiger partial charge in [-0.1, -0.05) is 198 Å². The number of benzene rings is 5. The van der Waals surface area contributed by atoms with Crippen LogP contribution in [-0.4, -0.2) is 94.9 Å². The average molecular weight is 1390 g/mol. The van der Waals surface area contributed by atoms with Crippen molar-refractivity contribution in [2.45, 2.75) is 106 Å². The number of aromatic nitrogens is 16. The molecule has 0 radical (unpaired) electrons. The Kier molecular flexibility index (Phi) is 21.0. The second-order valence-electron chi connectivity index (χ2n) is 25.2. The molecule has 5 aromatic carbocycles. The van der Waals surface area contributed by atoms with E-state index >= 15 is 0 Å². The molecule has 0 atom stereocenters. The number of carbonyl (C=O) groups is 3. The van der Waals surface area contributed by atoms with Crippen molar-refractivity contribution in [3.05, 3.63) is 199 Å². The molecule has 0 aliphatic heterocycles. The van der Waals surface area contributed by atoms with Gasteiger partial charge >= 0.3 is 27.0 Å². The van der Waals surface area contributed by atoms with Crippen LogP contribution in [0.1, 0.15) is 128 Å². The number of rotatable bonds is 7. The second-order valence-corrected chi connectivity index (χ2v) is 25.2. The summed E-state index contributed by atoms with van der Waals surface area (Å²) in [6.45, 7) is 24.5. The third-order valence-electron chi connectivity index (χ3n) is 13.9. The summed E-state index contributed by atoms with van der Waals surface area (Å²) in [4.78, 5) is 77.8. The first kappa shape index (κ1) is 66.9. The van der Waals surface area contributed by atoms with Gasteiger partial charge in [-0.2, -0.15) is 5.10 Å². The van der Waals surface area contributed by atoms with E-state index in [4.69, 9.17) is 0 Å². The molecule has 1 N–H and O–H groups in total. The number of hydrogen-bond acceptors (Lipinski definition) is 17. The normalized spacial score (nSPS) is 11.4. The van der Waals surface area contributed by atoms with E-state index in [-0.39, 0.29) is 66.9 Å². The minimum atomic E-state index is -0.521. The number of nitrogens with zero attached hydrogens (tertiary/aromatic N) is 15. The molecule has 0 bridgehead atoms. The monoisotopic (exact) mass is 1390 g/mol. The third-order valence-corrected chi connectivity index (χ3v) is 13.9. The minimum Gasteiger partial charge on any atom is -0.572 e. The van der Waals surface area contributed by atoms with Crippen molar-refractivity contribution in [1.82, 2.24) is 80.4 Å². The van der Waals surface area contributed by atoms with Crippen LogP contribution in [0.2, 0.25) is 0 Å². The molecule has 13 aromatic rings. The van der Waals surface area contributed by atoms with Gasteiger partial charge in [0.1, 0.15) is 23.1 Å². The molecule has 8 aromatic heterocycles. The number of nitrogens with one attached hydrogen (secondary N) is 1. The molecular formula is C70H70N16O4Pt. The smallest absolute Gasteiger partial charge is 0.572 e.